The zero-order valence-corrected chi connectivity index (χ0v) is 17.2. The van der Waals surface area contributed by atoms with Crippen molar-refractivity contribution < 1.29 is 14.1 Å². The van der Waals surface area contributed by atoms with Crippen molar-refractivity contribution in [3.63, 3.8) is 0 Å². The Morgan fingerprint density at radius 3 is 2.52 bits per heavy atom. The van der Waals surface area contributed by atoms with Crippen molar-refractivity contribution in [1.82, 2.24) is 10.3 Å². The standard InChI is InChI=1S/C23H25BN2O3/c1-22(2)23(3,4)29-24(28-22)20-7-5-6-16(12-20)14-26-21(27)18-8-9-19-15-25-11-10-17(19)13-18/h5-13,15H,14H2,1-4H3,(H,26,27). The highest BCUT2D eigenvalue weighted by Crippen LogP contribution is 2.36. The summed E-state index contributed by atoms with van der Waals surface area (Å²) in [5.74, 6) is -0.107. The molecule has 2 heterocycles. The van der Waals surface area contributed by atoms with E-state index in [-0.39, 0.29) is 17.1 Å². The number of carbonyl (C=O) groups excluding carboxylic acids is 1. The summed E-state index contributed by atoms with van der Waals surface area (Å²) in [7, 11) is -0.412. The van der Waals surface area contributed by atoms with E-state index in [1.165, 1.54) is 0 Å². The van der Waals surface area contributed by atoms with Crippen LogP contribution in [0.15, 0.2) is 60.9 Å². The molecule has 1 N–H and O–H groups in total. The van der Waals surface area contributed by atoms with E-state index in [0.717, 1.165) is 21.8 Å². The minimum atomic E-state index is -0.412. The molecule has 0 bridgehead atoms. The number of carbonyl (C=O) groups is 1. The van der Waals surface area contributed by atoms with Gasteiger partial charge in [0.15, 0.2) is 0 Å². The van der Waals surface area contributed by atoms with Crippen LogP contribution >= 0.6 is 0 Å². The first-order valence-electron chi connectivity index (χ1n) is 9.82. The van der Waals surface area contributed by atoms with Crippen molar-refractivity contribution in [2.24, 2.45) is 0 Å². The van der Waals surface area contributed by atoms with Crippen LogP contribution < -0.4 is 10.8 Å². The number of benzene rings is 2. The highest BCUT2D eigenvalue weighted by atomic mass is 16.7. The summed E-state index contributed by atoms with van der Waals surface area (Å²) >= 11 is 0. The lowest BCUT2D eigenvalue weighted by atomic mass is 9.78. The molecule has 0 saturated carbocycles. The predicted octanol–water partition coefficient (Wildman–Crippen LogP) is 3.46. The van der Waals surface area contributed by atoms with Gasteiger partial charge in [0, 0.05) is 29.9 Å². The molecule has 1 aliphatic rings. The number of hydrogen-bond acceptors (Lipinski definition) is 4. The van der Waals surface area contributed by atoms with E-state index in [0.29, 0.717) is 12.1 Å². The third kappa shape index (κ3) is 3.91. The molecule has 5 nitrogen and oxygen atoms in total. The van der Waals surface area contributed by atoms with Crippen LogP contribution in [0.5, 0.6) is 0 Å². The molecule has 1 aliphatic heterocycles. The van der Waals surface area contributed by atoms with E-state index < -0.39 is 7.12 Å². The van der Waals surface area contributed by atoms with Gasteiger partial charge in [-0.2, -0.15) is 0 Å². The Labute approximate surface area is 171 Å². The normalized spacial score (nSPS) is 17.4. The highest BCUT2D eigenvalue weighted by Gasteiger charge is 2.51. The van der Waals surface area contributed by atoms with Crippen LogP contribution in [0.4, 0.5) is 0 Å². The SMILES string of the molecule is CC1(C)OB(c2cccc(CNC(=O)c3ccc4cnccc4c3)c2)OC1(C)C. The smallest absolute Gasteiger partial charge is 0.399 e. The molecule has 0 unspecified atom stereocenters. The molecule has 6 heteroatoms. The van der Waals surface area contributed by atoms with Crippen LogP contribution in [-0.4, -0.2) is 29.2 Å². The highest BCUT2D eigenvalue weighted by molar-refractivity contribution is 6.62. The first-order valence-corrected chi connectivity index (χ1v) is 9.82. The van der Waals surface area contributed by atoms with E-state index in [1.54, 1.807) is 12.4 Å². The van der Waals surface area contributed by atoms with Gasteiger partial charge in [0.2, 0.25) is 0 Å². The number of aromatic nitrogens is 1. The summed E-state index contributed by atoms with van der Waals surface area (Å²) in [6.45, 7) is 8.58. The largest absolute Gasteiger partial charge is 0.494 e. The molecule has 0 spiro atoms. The molecule has 0 atom stereocenters. The van der Waals surface area contributed by atoms with Crippen LogP contribution in [0.3, 0.4) is 0 Å². The van der Waals surface area contributed by atoms with Crippen molar-refractivity contribution in [3.05, 3.63) is 72.1 Å². The van der Waals surface area contributed by atoms with Crippen LogP contribution in [0.25, 0.3) is 10.8 Å². The van der Waals surface area contributed by atoms with Gasteiger partial charge in [0.05, 0.1) is 11.2 Å². The average Bonchev–Trinajstić information content (AvgIpc) is 2.93. The fourth-order valence-corrected chi connectivity index (χ4v) is 3.34. The first kappa shape index (κ1) is 19.6. The van der Waals surface area contributed by atoms with Crippen LogP contribution in [0.1, 0.15) is 43.6 Å². The Hall–Kier alpha value is -2.70. The van der Waals surface area contributed by atoms with E-state index in [4.69, 9.17) is 9.31 Å². The lowest BCUT2D eigenvalue weighted by molar-refractivity contribution is 0.00578. The van der Waals surface area contributed by atoms with Crippen LogP contribution in [-0.2, 0) is 15.9 Å². The van der Waals surface area contributed by atoms with Gasteiger partial charge >= 0.3 is 7.12 Å². The maximum Gasteiger partial charge on any atom is 0.494 e. The van der Waals surface area contributed by atoms with Crippen molar-refractivity contribution in [2.45, 2.75) is 45.4 Å². The molecule has 29 heavy (non-hydrogen) atoms. The Kier molecular flexibility index (Phi) is 4.93. The Bertz CT molecular complexity index is 1050. The van der Waals surface area contributed by atoms with Gasteiger partial charge in [-0.15, -0.1) is 0 Å². The van der Waals surface area contributed by atoms with E-state index in [1.807, 2.05) is 76.2 Å². The predicted molar refractivity (Wildman–Crippen MR) is 115 cm³/mol. The number of amides is 1. The molecule has 3 aromatic rings. The minimum absolute atomic E-state index is 0.107. The zero-order valence-electron chi connectivity index (χ0n) is 17.2. The third-order valence-corrected chi connectivity index (χ3v) is 5.83. The van der Waals surface area contributed by atoms with Crippen molar-refractivity contribution in [2.75, 3.05) is 0 Å². The number of fused-ring (bicyclic) bond motifs is 1. The number of nitrogens with zero attached hydrogens (tertiary/aromatic N) is 1. The monoisotopic (exact) mass is 388 g/mol. The summed E-state index contributed by atoms with van der Waals surface area (Å²) in [5, 5.41) is 5.00. The van der Waals surface area contributed by atoms with Gasteiger partial charge in [0.1, 0.15) is 0 Å². The molecule has 4 rings (SSSR count). The summed E-state index contributed by atoms with van der Waals surface area (Å²) < 4.78 is 12.3. The van der Waals surface area contributed by atoms with Crippen molar-refractivity contribution >= 4 is 29.3 Å². The summed E-state index contributed by atoms with van der Waals surface area (Å²) in [5.41, 5.74) is 1.82. The van der Waals surface area contributed by atoms with Gasteiger partial charge in [0.25, 0.3) is 5.91 Å². The Morgan fingerprint density at radius 2 is 1.76 bits per heavy atom. The summed E-state index contributed by atoms with van der Waals surface area (Å²) in [6.07, 6.45) is 3.52. The van der Waals surface area contributed by atoms with Crippen molar-refractivity contribution in [3.8, 4) is 0 Å². The fourth-order valence-electron chi connectivity index (χ4n) is 3.34. The number of rotatable bonds is 4. The Morgan fingerprint density at radius 1 is 1.00 bits per heavy atom. The zero-order chi connectivity index (χ0) is 20.6. The second-order valence-electron chi connectivity index (χ2n) is 8.45. The second kappa shape index (κ2) is 7.28. The molecular weight excluding hydrogens is 363 g/mol. The van der Waals surface area contributed by atoms with Gasteiger partial charge in [-0.3, -0.25) is 9.78 Å². The second-order valence-corrected chi connectivity index (χ2v) is 8.45. The third-order valence-electron chi connectivity index (χ3n) is 5.83. The quantitative estimate of drug-likeness (QED) is 0.696. The molecule has 1 saturated heterocycles. The lowest BCUT2D eigenvalue weighted by Gasteiger charge is -2.32. The van der Waals surface area contributed by atoms with Gasteiger partial charge in [-0.25, -0.2) is 0 Å². The average molecular weight is 388 g/mol. The molecular formula is C23H25BN2O3. The summed E-state index contributed by atoms with van der Waals surface area (Å²) in [6, 6.07) is 15.5. The van der Waals surface area contributed by atoms with Gasteiger partial charge in [-0.1, -0.05) is 30.3 Å². The molecule has 148 valence electrons. The lowest BCUT2D eigenvalue weighted by Crippen LogP contribution is -2.41. The molecule has 1 amide bonds. The van der Waals surface area contributed by atoms with Crippen LogP contribution in [0.2, 0.25) is 0 Å². The molecule has 0 aliphatic carbocycles. The molecule has 2 aromatic carbocycles. The number of nitrogens with one attached hydrogen (secondary N) is 1. The van der Waals surface area contributed by atoms with E-state index in [2.05, 4.69) is 10.3 Å². The van der Waals surface area contributed by atoms with E-state index >= 15 is 0 Å². The fraction of sp³-hybridized carbons (Fsp3) is 0.304. The minimum Gasteiger partial charge on any atom is -0.399 e. The van der Waals surface area contributed by atoms with Crippen LogP contribution in [0, 0.1) is 0 Å². The maximum absolute atomic E-state index is 12.6. The van der Waals surface area contributed by atoms with Crippen molar-refractivity contribution in [1.29, 1.82) is 0 Å². The summed E-state index contributed by atoms with van der Waals surface area (Å²) in [4.78, 5) is 16.7. The van der Waals surface area contributed by atoms with Gasteiger partial charge in [-0.05, 0) is 62.3 Å². The van der Waals surface area contributed by atoms with Gasteiger partial charge < -0.3 is 14.6 Å². The topological polar surface area (TPSA) is 60.5 Å². The molecule has 0 radical (unpaired) electrons. The first-order chi connectivity index (χ1) is 13.7. The molecule has 1 fully saturated rings. The van der Waals surface area contributed by atoms with E-state index in [9.17, 15) is 4.79 Å². The number of hydrogen-bond donors (Lipinski definition) is 1. The number of pyridine rings is 1. The Balaban J connectivity index is 1.45. The molecule has 1 aromatic heterocycles. The maximum atomic E-state index is 12.6.